The lowest BCUT2D eigenvalue weighted by atomic mass is 9.80. The second-order valence-electron chi connectivity index (χ2n) is 5.31. The third kappa shape index (κ3) is 4.69. The third-order valence-corrected chi connectivity index (χ3v) is 3.79. The van der Waals surface area contributed by atoms with Crippen LogP contribution in [-0.4, -0.2) is 16.1 Å². The van der Waals surface area contributed by atoms with E-state index in [2.05, 4.69) is 25.8 Å². The first-order chi connectivity index (χ1) is 9.10. The summed E-state index contributed by atoms with van der Waals surface area (Å²) in [5.41, 5.74) is 0. The molecule has 1 aromatic heterocycles. The van der Waals surface area contributed by atoms with E-state index in [1.165, 1.54) is 12.5 Å². The highest BCUT2D eigenvalue weighted by Crippen LogP contribution is 2.32. The van der Waals surface area contributed by atoms with E-state index in [9.17, 15) is 9.90 Å². The van der Waals surface area contributed by atoms with Gasteiger partial charge in [-0.3, -0.25) is 4.79 Å². The maximum absolute atomic E-state index is 11.4. The minimum Gasteiger partial charge on any atom is -0.481 e. The first-order valence-corrected chi connectivity index (χ1v) is 7.22. The van der Waals surface area contributed by atoms with Gasteiger partial charge in [-0.05, 0) is 18.3 Å². The average Bonchev–Trinajstić information content (AvgIpc) is 2.87. The molecule has 0 amide bonds. The third-order valence-electron chi connectivity index (χ3n) is 3.79. The van der Waals surface area contributed by atoms with E-state index >= 15 is 0 Å². The summed E-state index contributed by atoms with van der Waals surface area (Å²) in [6.07, 6.45) is 7.99. The summed E-state index contributed by atoms with van der Waals surface area (Å²) >= 11 is 0. The van der Waals surface area contributed by atoms with Crippen LogP contribution >= 0.6 is 0 Å². The SMILES string of the molecule is CCCC(C)C(CCC)CC(C(=O)O)c1ncco1. The van der Waals surface area contributed by atoms with E-state index in [-0.39, 0.29) is 0 Å². The maximum atomic E-state index is 11.4. The summed E-state index contributed by atoms with van der Waals surface area (Å²) < 4.78 is 5.18. The minimum absolute atomic E-state index is 0.331. The molecule has 1 N–H and O–H groups in total. The number of hydrogen-bond acceptors (Lipinski definition) is 3. The highest BCUT2D eigenvalue weighted by molar-refractivity contribution is 5.74. The number of nitrogens with zero attached hydrogens (tertiary/aromatic N) is 1. The van der Waals surface area contributed by atoms with Gasteiger partial charge in [-0.25, -0.2) is 4.98 Å². The van der Waals surface area contributed by atoms with E-state index in [1.54, 1.807) is 0 Å². The summed E-state index contributed by atoms with van der Waals surface area (Å²) in [5.74, 6) is -0.171. The van der Waals surface area contributed by atoms with Crippen LogP contribution < -0.4 is 0 Å². The van der Waals surface area contributed by atoms with Gasteiger partial charge >= 0.3 is 5.97 Å². The standard InChI is InChI=1S/C15H25NO3/c1-4-6-11(3)12(7-5-2)10-13(15(17)18)14-16-8-9-19-14/h8-9,11-13H,4-7,10H2,1-3H3,(H,17,18). The van der Waals surface area contributed by atoms with E-state index in [0.717, 1.165) is 25.7 Å². The maximum Gasteiger partial charge on any atom is 0.315 e. The van der Waals surface area contributed by atoms with E-state index in [0.29, 0.717) is 24.1 Å². The Morgan fingerprint density at radius 3 is 2.53 bits per heavy atom. The Morgan fingerprint density at radius 2 is 2.05 bits per heavy atom. The Balaban J connectivity index is 2.76. The van der Waals surface area contributed by atoms with Crippen molar-refractivity contribution in [3.05, 3.63) is 18.4 Å². The summed E-state index contributed by atoms with van der Waals surface area (Å²) in [4.78, 5) is 15.4. The Kier molecular flexibility index (Phi) is 6.60. The van der Waals surface area contributed by atoms with E-state index < -0.39 is 11.9 Å². The van der Waals surface area contributed by atoms with Crippen LogP contribution in [0.4, 0.5) is 0 Å². The van der Waals surface area contributed by atoms with Gasteiger partial charge < -0.3 is 9.52 Å². The number of oxazole rings is 1. The van der Waals surface area contributed by atoms with Crippen LogP contribution in [0.25, 0.3) is 0 Å². The molecule has 0 aliphatic carbocycles. The van der Waals surface area contributed by atoms with Crippen molar-refractivity contribution in [2.24, 2.45) is 11.8 Å². The van der Waals surface area contributed by atoms with Gasteiger partial charge in [-0.2, -0.15) is 0 Å². The summed E-state index contributed by atoms with van der Waals surface area (Å²) in [7, 11) is 0. The molecule has 1 heterocycles. The van der Waals surface area contributed by atoms with Crippen molar-refractivity contribution in [1.29, 1.82) is 0 Å². The Morgan fingerprint density at radius 1 is 1.37 bits per heavy atom. The number of aliphatic carboxylic acids is 1. The first-order valence-electron chi connectivity index (χ1n) is 7.22. The zero-order valence-electron chi connectivity index (χ0n) is 12.1. The predicted molar refractivity (Wildman–Crippen MR) is 74.0 cm³/mol. The second-order valence-corrected chi connectivity index (χ2v) is 5.31. The molecule has 108 valence electrons. The van der Waals surface area contributed by atoms with Crippen LogP contribution in [0.2, 0.25) is 0 Å². The van der Waals surface area contributed by atoms with Crippen LogP contribution in [0, 0.1) is 11.8 Å². The Labute approximate surface area is 115 Å². The van der Waals surface area contributed by atoms with Gasteiger partial charge in [-0.1, -0.05) is 46.5 Å². The van der Waals surface area contributed by atoms with Gasteiger partial charge in [0.1, 0.15) is 12.2 Å². The van der Waals surface area contributed by atoms with Crippen LogP contribution in [0.1, 0.15) is 64.7 Å². The Hall–Kier alpha value is -1.32. The van der Waals surface area contributed by atoms with Gasteiger partial charge in [0.25, 0.3) is 0 Å². The molecule has 0 aliphatic heterocycles. The lowest BCUT2D eigenvalue weighted by Gasteiger charge is -2.25. The van der Waals surface area contributed by atoms with E-state index in [4.69, 9.17) is 4.42 Å². The fourth-order valence-corrected chi connectivity index (χ4v) is 2.71. The molecule has 3 atom stereocenters. The fraction of sp³-hybridized carbons (Fsp3) is 0.733. The molecular weight excluding hydrogens is 242 g/mol. The lowest BCUT2D eigenvalue weighted by Crippen LogP contribution is -2.20. The van der Waals surface area contributed by atoms with Gasteiger partial charge in [-0.15, -0.1) is 0 Å². The largest absolute Gasteiger partial charge is 0.481 e. The molecule has 0 bridgehead atoms. The lowest BCUT2D eigenvalue weighted by molar-refractivity contribution is -0.140. The molecule has 0 spiro atoms. The first kappa shape index (κ1) is 15.7. The molecule has 0 radical (unpaired) electrons. The molecule has 4 nitrogen and oxygen atoms in total. The molecular formula is C15H25NO3. The number of carboxylic acid groups (broad SMARTS) is 1. The smallest absolute Gasteiger partial charge is 0.315 e. The predicted octanol–water partition coefficient (Wildman–Crippen LogP) is 4.09. The van der Waals surface area contributed by atoms with Crippen LogP contribution in [0.15, 0.2) is 16.9 Å². The molecule has 19 heavy (non-hydrogen) atoms. The highest BCUT2D eigenvalue weighted by Gasteiger charge is 2.29. The van der Waals surface area contributed by atoms with Crippen molar-refractivity contribution in [2.75, 3.05) is 0 Å². The number of rotatable bonds is 9. The van der Waals surface area contributed by atoms with Crippen LogP contribution in [0.5, 0.6) is 0 Å². The van der Waals surface area contributed by atoms with Gasteiger partial charge in [0.15, 0.2) is 0 Å². The monoisotopic (exact) mass is 267 g/mol. The van der Waals surface area contributed by atoms with Gasteiger partial charge in [0, 0.05) is 0 Å². The fourth-order valence-electron chi connectivity index (χ4n) is 2.71. The summed E-state index contributed by atoms with van der Waals surface area (Å²) in [6, 6.07) is 0. The zero-order chi connectivity index (χ0) is 14.3. The number of carbonyl (C=O) groups is 1. The highest BCUT2D eigenvalue weighted by atomic mass is 16.4. The molecule has 0 aromatic carbocycles. The normalized spacial score (nSPS) is 15.9. The van der Waals surface area contributed by atoms with Crippen molar-refractivity contribution in [3.63, 3.8) is 0 Å². The number of hydrogen-bond donors (Lipinski definition) is 1. The number of aromatic nitrogens is 1. The summed E-state index contributed by atoms with van der Waals surface area (Å²) in [5, 5.41) is 9.37. The minimum atomic E-state index is -0.841. The van der Waals surface area contributed by atoms with Crippen LogP contribution in [0.3, 0.4) is 0 Å². The molecule has 1 aromatic rings. The second kappa shape index (κ2) is 7.97. The average molecular weight is 267 g/mol. The molecule has 0 aliphatic rings. The van der Waals surface area contributed by atoms with Crippen molar-refractivity contribution < 1.29 is 14.3 Å². The Bertz CT molecular complexity index is 361. The van der Waals surface area contributed by atoms with Crippen molar-refractivity contribution in [3.8, 4) is 0 Å². The molecule has 0 fully saturated rings. The van der Waals surface area contributed by atoms with E-state index in [1.807, 2.05) is 0 Å². The molecule has 4 heteroatoms. The summed E-state index contributed by atoms with van der Waals surface area (Å²) in [6.45, 7) is 6.53. The van der Waals surface area contributed by atoms with Crippen LogP contribution in [-0.2, 0) is 4.79 Å². The quantitative estimate of drug-likeness (QED) is 0.732. The van der Waals surface area contributed by atoms with Crippen molar-refractivity contribution in [2.45, 2.75) is 58.8 Å². The molecule has 0 saturated heterocycles. The topological polar surface area (TPSA) is 63.3 Å². The molecule has 0 saturated carbocycles. The molecule has 3 unspecified atom stereocenters. The van der Waals surface area contributed by atoms with Crippen molar-refractivity contribution in [1.82, 2.24) is 4.98 Å². The van der Waals surface area contributed by atoms with Gasteiger partial charge in [0.05, 0.1) is 6.20 Å². The molecule has 1 rings (SSSR count). The zero-order valence-corrected chi connectivity index (χ0v) is 12.1. The van der Waals surface area contributed by atoms with Gasteiger partial charge in [0.2, 0.25) is 5.89 Å². The number of carboxylic acids is 1. The van der Waals surface area contributed by atoms with Crippen molar-refractivity contribution >= 4 is 5.97 Å².